The maximum absolute atomic E-state index is 11.6. The summed E-state index contributed by atoms with van der Waals surface area (Å²) < 4.78 is 11.5. The number of piperidine rings is 1. The van der Waals surface area contributed by atoms with Gasteiger partial charge in [-0.1, -0.05) is 62.4 Å². The molecule has 1 aromatic rings. The number of methoxy groups -OCH3 is 1. The van der Waals surface area contributed by atoms with Crippen molar-refractivity contribution in [2.24, 2.45) is 11.8 Å². The molecule has 1 saturated heterocycles. The molecule has 0 bridgehead atoms. The van der Waals surface area contributed by atoms with Crippen LogP contribution in [0.1, 0.15) is 69.5 Å². The number of hydrogen-bond donors (Lipinski definition) is 3. The second-order valence-electron chi connectivity index (χ2n) is 10.5. The van der Waals surface area contributed by atoms with Gasteiger partial charge in [0.1, 0.15) is 0 Å². The number of rotatable bonds is 15. The largest absolute Gasteiger partial charge is 0.465 e. The number of amides is 1. The van der Waals surface area contributed by atoms with Gasteiger partial charge in [-0.3, -0.25) is 10.1 Å². The summed E-state index contributed by atoms with van der Waals surface area (Å²) in [5, 5.41) is 26.7. The van der Waals surface area contributed by atoms with Crippen LogP contribution in [0.3, 0.4) is 0 Å². The summed E-state index contributed by atoms with van der Waals surface area (Å²) in [6.07, 6.45) is 9.06. The molecule has 212 valence electrons. The van der Waals surface area contributed by atoms with Crippen molar-refractivity contribution in [3.05, 3.63) is 58.0 Å². The lowest BCUT2D eigenvalue weighted by Gasteiger charge is -2.40. The van der Waals surface area contributed by atoms with Crippen LogP contribution in [-0.4, -0.2) is 67.0 Å². The summed E-state index contributed by atoms with van der Waals surface area (Å²) >= 11 is 0. The smallest absolute Gasteiger partial charge is 0.404 e. The van der Waals surface area contributed by atoms with E-state index >= 15 is 0 Å². The predicted molar refractivity (Wildman–Crippen MR) is 145 cm³/mol. The molecule has 1 heterocycles. The van der Waals surface area contributed by atoms with Crippen molar-refractivity contribution in [2.45, 2.75) is 69.9 Å². The van der Waals surface area contributed by atoms with Gasteiger partial charge in [-0.25, -0.2) is 4.79 Å². The first-order valence-electron chi connectivity index (χ1n) is 13.9. The number of carbonyl (C=O) groups is 1. The third-order valence-corrected chi connectivity index (χ3v) is 7.57. The monoisotopic (exact) mass is 532 g/mol. The Labute approximate surface area is 225 Å². The molecular weight excluding hydrogens is 488 g/mol. The van der Waals surface area contributed by atoms with Crippen molar-refractivity contribution in [1.82, 2.24) is 15.5 Å². The molecule has 0 radical (unpaired) electrons. The number of nitrogens with one attached hydrogen (secondary N) is 2. The Balaban J connectivity index is 1.75. The number of benzene rings is 1. The number of carboxylic acid groups (broad SMARTS) is 1. The lowest BCUT2D eigenvalue weighted by atomic mass is 9.84. The Hall–Kier alpha value is -2.85. The molecule has 10 heteroatoms. The molecule has 2 aliphatic rings. The van der Waals surface area contributed by atoms with Gasteiger partial charge in [0.2, 0.25) is 0 Å². The molecule has 2 fully saturated rings. The highest BCUT2D eigenvalue weighted by Crippen LogP contribution is 2.34. The molecule has 1 aromatic carbocycles. The standard InChI is InChI=1S/C28H44N4O6/c1-37-16-9-17-38-27(23-12-6-3-7-13-23)24-14-8-15-31(20-24)26(21-32(35)36)30-25(19-29-28(33)34)18-22-10-4-2-5-11-22/h3,6-7,12-13,21-22,24-25,27,29-30H,2,4-5,8-11,14-20H2,1H3,(H,33,34)/t24?,25-,27?/m0/s1. The summed E-state index contributed by atoms with van der Waals surface area (Å²) in [6, 6.07) is 9.92. The number of nitro groups is 1. The van der Waals surface area contributed by atoms with Crippen LogP contribution in [0, 0.1) is 22.0 Å². The van der Waals surface area contributed by atoms with E-state index in [1.165, 1.54) is 19.3 Å². The number of nitrogens with zero attached hydrogens (tertiary/aromatic N) is 2. The van der Waals surface area contributed by atoms with Gasteiger partial charge in [0, 0.05) is 51.9 Å². The third kappa shape index (κ3) is 10.1. The highest BCUT2D eigenvalue weighted by molar-refractivity contribution is 5.64. The average molecular weight is 533 g/mol. The lowest BCUT2D eigenvalue weighted by Crippen LogP contribution is -2.48. The molecule has 1 amide bonds. The van der Waals surface area contributed by atoms with E-state index in [9.17, 15) is 20.0 Å². The maximum Gasteiger partial charge on any atom is 0.404 e. The van der Waals surface area contributed by atoms with Gasteiger partial charge in [-0.05, 0) is 37.2 Å². The van der Waals surface area contributed by atoms with Crippen LogP contribution in [0.4, 0.5) is 4.79 Å². The number of hydrogen-bond acceptors (Lipinski definition) is 7. The molecule has 1 saturated carbocycles. The predicted octanol–water partition coefficient (Wildman–Crippen LogP) is 4.76. The van der Waals surface area contributed by atoms with Crippen molar-refractivity contribution in [1.29, 1.82) is 0 Å². The molecule has 3 rings (SSSR count). The first-order valence-corrected chi connectivity index (χ1v) is 13.9. The quantitative estimate of drug-likeness (QED) is 0.168. The van der Waals surface area contributed by atoms with Crippen LogP contribution in [0.5, 0.6) is 0 Å². The van der Waals surface area contributed by atoms with Crippen LogP contribution in [-0.2, 0) is 9.47 Å². The van der Waals surface area contributed by atoms with E-state index in [2.05, 4.69) is 22.8 Å². The van der Waals surface area contributed by atoms with Gasteiger partial charge in [0.05, 0.1) is 11.0 Å². The van der Waals surface area contributed by atoms with Crippen LogP contribution in [0.15, 0.2) is 42.4 Å². The van der Waals surface area contributed by atoms with E-state index in [0.717, 1.165) is 50.3 Å². The van der Waals surface area contributed by atoms with Gasteiger partial charge >= 0.3 is 6.09 Å². The number of ether oxygens (including phenoxy) is 2. The molecule has 10 nitrogen and oxygen atoms in total. The molecule has 3 atom stereocenters. The fourth-order valence-corrected chi connectivity index (χ4v) is 5.78. The summed E-state index contributed by atoms with van der Waals surface area (Å²) in [5.74, 6) is 1.09. The zero-order valence-corrected chi connectivity index (χ0v) is 22.6. The van der Waals surface area contributed by atoms with Crippen molar-refractivity contribution < 1.29 is 24.3 Å². The van der Waals surface area contributed by atoms with Crippen molar-refractivity contribution in [3.63, 3.8) is 0 Å². The van der Waals surface area contributed by atoms with Crippen LogP contribution in [0.25, 0.3) is 0 Å². The highest BCUT2D eigenvalue weighted by Gasteiger charge is 2.32. The van der Waals surface area contributed by atoms with E-state index in [0.29, 0.717) is 38.0 Å². The topological polar surface area (TPSA) is 126 Å². The van der Waals surface area contributed by atoms with Gasteiger partial charge in [-0.15, -0.1) is 0 Å². The van der Waals surface area contributed by atoms with Gasteiger partial charge in [0.15, 0.2) is 5.82 Å². The zero-order chi connectivity index (χ0) is 27.2. The molecule has 0 aromatic heterocycles. The molecule has 3 N–H and O–H groups in total. The van der Waals surface area contributed by atoms with E-state index < -0.39 is 11.0 Å². The second-order valence-corrected chi connectivity index (χ2v) is 10.5. The molecule has 2 unspecified atom stereocenters. The SMILES string of the molecule is COCCCOC(c1ccccc1)C1CCCN(C(=C[N+](=O)[O-])N[C@H](CNC(=O)O)CC2CCCCC2)C1. The Morgan fingerprint density at radius 1 is 1.18 bits per heavy atom. The Morgan fingerprint density at radius 2 is 1.95 bits per heavy atom. The zero-order valence-electron chi connectivity index (χ0n) is 22.6. The Kier molecular flexibility index (Phi) is 12.7. The summed E-state index contributed by atoms with van der Waals surface area (Å²) in [6.45, 7) is 2.71. The van der Waals surface area contributed by atoms with Crippen molar-refractivity contribution >= 4 is 6.09 Å². The van der Waals surface area contributed by atoms with E-state index in [1.807, 2.05) is 23.1 Å². The summed E-state index contributed by atoms with van der Waals surface area (Å²) in [5.41, 5.74) is 1.10. The molecular formula is C28H44N4O6. The summed E-state index contributed by atoms with van der Waals surface area (Å²) in [4.78, 5) is 24.5. The van der Waals surface area contributed by atoms with Gasteiger partial charge in [-0.2, -0.15) is 0 Å². The first kappa shape index (κ1) is 29.7. The first-order chi connectivity index (χ1) is 18.5. The lowest BCUT2D eigenvalue weighted by molar-refractivity contribution is -0.404. The minimum Gasteiger partial charge on any atom is -0.465 e. The second kappa shape index (κ2) is 16.2. The van der Waals surface area contributed by atoms with E-state index in [4.69, 9.17) is 9.47 Å². The van der Waals surface area contributed by atoms with Gasteiger partial charge < -0.3 is 30.1 Å². The molecule has 1 aliphatic carbocycles. The minimum absolute atomic E-state index is 0.126. The normalized spacial score (nSPS) is 20.5. The average Bonchev–Trinajstić information content (AvgIpc) is 2.92. The van der Waals surface area contributed by atoms with Crippen molar-refractivity contribution in [2.75, 3.05) is 40.0 Å². The molecule has 38 heavy (non-hydrogen) atoms. The fourth-order valence-electron chi connectivity index (χ4n) is 5.78. The number of likely N-dealkylation sites (tertiary alicyclic amines) is 1. The van der Waals surface area contributed by atoms with E-state index in [1.54, 1.807) is 7.11 Å². The van der Waals surface area contributed by atoms with Crippen LogP contribution < -0.4 is 10.6 Å². The Bertz CT molecular complexity index is 877. The molecule has 0 spiro atoms. The minimum atomic E-state index is -1.09. The van der Waals surface area contributed by atoms with E-state index in [-0.39, 0.29) is 24.6 Å². The Morgan fingerprint density at radius 3 is 2.63 bits per heavy atom. The summed E-state index contributed by atoms with van der Waals surface area (Å²) in [7, 11) is 1.68. The molecule has 1 aliphatic heterocycles. The highest BCUT2D eigenvalue weighted by atomic mass is 16.6. The third-order valence-electron chi connectivity index (χ3n) is 7.57. The maximum atomic E-state index is 11.6. The van der Waals surface area contributed by atoms with Crippen LogP contribution in [0.2, 0.25) is 0 Å². The van der Waals surface area contributed by atoms with Crippen LogP contribution >= 0.6 is 0 Å². The fraction of sp³-hybridized carbons (Fsp3) is 0.679. The van der Waals surface area contributed by atoms with Gasteiger partial charge in [0.25, 0.3) is 6.20 Å². The van der Waals surface area contributed by atoms with Crippen molar-refractivity contribution in [3.8, 4) is 0 Å².